The van der Waals surface area contributed by atoms with Crippen molar-refractivity contribution in [1.82, 2.24) is 4.98 Å². The van der Waals surface area contributed by atoms with Crippen molar-refractivity contribution < 1.29 is 17.9 Å². The number of esters is 1. The molecule has 7 nitrogen and oxygen atoms in total. The molecule has 1 aromatic heterocycles. The van der Waals surface area contributed by atoms with E-state index in [0.29, 0.717) is 17.0 Å². The van der Waals surface area contributed by atoms with E-state index < -0.39 is 16.0 Å². The summed E-state index contributed by atoms with van der Waals surface area (Å²) in [5.41, 5.74) is 1.73. The van der Waals surface area contributed by atoms with Gasteiger partial charge in [0.15, 0.2) is 0 Å². The first-order valence-electron chi connectivity index (χ1n) is 7.81. The van der Waals surface area contributed by atoms with E-state index in [1.54, 1.807) is 60.9 Å². The van der Waals surface area contributed by atoms with Gasteiger partial charge in [0, 0.05) is 18.6 Å². The van der Waals surface area contributed by atoms with Gasteiger partial charge in [-0.3, -0.25) is 9.98 Å². The molecule has 1 heterocycles. The second kappa shape index (κ2) is 7.90. The lowest BCUT2D eigenvalue weighted by molar-refractivity contribution is 0.0734. The number of sulfonamides is 1. The summed E-state index contributed by atoms with van der Waals surface area (Å²) in [4.78, 5) is 20.1. The highest BCUT2D eigenvalue weighted by Gasteiger charge is 2.08. The highest BCUT2D eigenvalue weighted by Crippen LogP contribution is 2.17. The van der Waals surface area contributed by atoms with Crippen LogP contribution in [0.15, 0.2) is 82.9 Å². The van der Waals surface area contributed by atoms with Gasteiger partial charge in [-0.2, -0.15) is 0 Å². The van der Waals surface area contributed by atoms with Crippen LogP contribution in [0.4, 0.5) is 5.69 Å². The average Bonchev–Trinajstić information content (AvgIpc) is 2.68. The highest BCUT2D eigenvalue weighted by molar-refractivity contribution is 7.89. The standard InChI is InChI=1S/C19H15N3O4S/c20-27(24,25)18-9-5-16(6-10-18)22-12-14-3-7-17(8-4-14)26-19(23)15-2-1-11-21-13-15/h1-13H,(H2,20,24,25). The quantitative estimate of drug-likeness (QED) is 0.415. The predicted molar refractivity (Wildman–Crippen MR) is 101 cm³/mol. The maximum atomic E-state index is 12.0. The van der Waals surface area contributed by atoms with Crippen LogP contribution in [0, 0.1) is 0 Å². The van der Waals surface area contributed by atoms with Gasteiger partial charge in [-0.1, -0.05) is 0 Å². The Morgan fingerprint density at radius 1 is 1.04 bits per heavy atom. The number of hydrogen-bond donors (Lipinski definition) is 1. The van der Waals surface area contributed by atoms with Gasteiger partial charge in [0.2, 0.25) is 10.0 Å². The van der Waals surface area contributed by atoms with Crippen LogP contribution in [0.2, 0.25) is 0 Å². The summed E-state index contributed by atoms with van der Waals surface area (Å²) in [5, 5.41) is 5.05. The summed E-state index contributed by atoms with van der Waals surface area (Å²) in [6.07, 6.45) is 4.62. The zero-order valence-corrected chi connectivity index (χ0v) is 14.8. The van der Waals surface area contributed by atoms with Crippen LogP contribution < -0.4 is 9.88 Å². The molecule has 0 saturated heterocycles. The Balaban J connectivity index is 1.65. The maximum absolute atomic E-state index is 12.0. The van der Waals surface area contributed by atoms with Gasteiger partial charge < -0.3 is 4.74 Å². The molecule has 0 aliphatic carbocycles. The molecular weight excluding hydrogens is 366 g/mol. The van der Waals surface area contributed by atoms with Crippen LogP contribution in [-0.2, 0) is 10.0 Å². The summed E-state index contributed by atoms with van der Waals surface area (Å²) in [6.45, 7) is 0. The number of benzene rings is 2. The van der Waals surface area contributed by atoms with E-state index in [9.17, 15) is 13.2 Å². The summed E-state index contributed by atoms with van der Waals surface area (Å²) < 4.78 is 27.7. The Labute approximate surface area is 156 Å². The monoisotopic (exact) mass is 381 g/mol. The van der Waals surface area contributed by atoms with E-state index in [-0.39, 0.29) is 4.90 Å². The van der Waals surface area contributed by atoms with Crippen molar-refractivity contribution in [2.24, 2.45) is 10.1 Å². The zero-order chi connectivity index (χ0) is 19.3. The second-order valence-electron chi connectivity index (χ2n) is 5.50. The number of aliphatic imine (C=N–C) groups is 1. The van der Waals surface area contributed by atoms with Crippen LogP contribution in [-0.4, -0.2) is 25.6 Å². The molecule has 27 heavy (non-hydrogen) atoms. The first-order chi connectivity index (χ1) is 12.9. The van der Waals surface area contributed by atoms with Crippen molar-refractivity contribution in [2.45, 2.75) is 4.90 Å². The molecular formula is C19H15N3O4S. The fraction of sp³-hybridized carbons (Fsp3) is 0. The number of primary sulfonamides is 1. The molecule has 8 heteroatoms. The number of aromatic nitrogens is 1. The number of pyridine rings is 1. The van der Waals surface area contributed by atoms with Crippen LogP contribution in [0.3, 0.4) is 0 Å². The molecule has 2 aromatic carbocycles. The number of ether oxygens (including phenoxy) is 1. The van der Waals surface area contributed by atoms with Gasteiger partial charge >= 0.3 is 5.97 Å². The van der Waals surface area contributed by atoms with Crippen molar-refractivity contribution in [3.05, 3.63) is 84.2 Å². The van der Waals surface area contributed by atoms with Crippen molar-refractivity contribution in [3.63, 3.8) is 0 Å². The molecule has 0 bridgehead atoms. The normalized spacial score (nSPS) is 11.4. The van der Waals surface area contributed by atoms with Crippen molar-refractivity contribution in [1.29, 1.82) is 0 Å². The summed E-state index contributed by atoms with van der Waals surface area (Å²) >= 11 is 0. The summed E-state index contributed by atoms with van der Waals surface area (Å²) in [5.74, 6) is -0.0852. The van der Waals surface area contributed by atoms with Crippen LogP contribution in [0.25, 0.3) is 0 Å². The van der Waals surface area contributed by atoms with E-state index >= 15 is 0 Å². The highest BCUT2D eigenvalue weighted by atomic mass is 32.2. The Morgan fingerprint density at radius 2 is 1.74 bits per heavy atom. The van der Waals surface area contributed by atoms with E-state index in [1.807, 2.05) is 0 Å². The van der Waals surface area contributed by atoms with Gasteiger partial charge in [0.1, 0.15) is 5.75 Å². The van der Waals surface area contributed by atoms with Gasteiger partial charge in [-0.25, -0.2) is 18.4 Å². The third-order valence-electron chi connectivity index (χ3n) is 3.52. The minimum absolute atomic E-state index is 0.0289. The van der Waals surface area contributed by atoms with Gasteiger partial charge in [-0.15, -0.1) is 0 Å². The average molecular weight is 381 g/mol. The second-order valence-corrected chi connectivity index (χ2v) is 7.06. The number of nitrogens with zero attached hydrogens (tertiary/aromatic N) is 2. The van der Waals surface area contributed by atoms with E-state index in [2.05, 4.69) is 9.98 Å². The topological polar surface area (TPSA) is 112 Å². The van der Waals surface area contributed by atoms with E-state index in [4.69, 9.17) is 9.88 Å². The third-order valence-corrected chi connectivity index (χ3v) is 4.45. The van der Waals surface area contributed by atoms with E-state index in [0.717, 1.165) is 5.56 Å². The number of carbonyl (C=O) groups is 1. The molecule has 136 valence electrons. The number of rotatable bonds is 5. The van der Waals surface area contributed by atoms with Crippen molar-refractivity contribution in [2.75, 3.05) is 0 Å². The fourth-order valence-electron chi connectivity index (χ4n) is 2.14. The van der Waals surface area contributed by atoms with Crippen molar-refractivity contribution in [3.8, 4) is 5.75 Å². The van der Waals surface area contributed by atoms with E-state index in [1.165, 1.54) is 18.3 Å². The number of hydrogen-bond acceptors (Lipinski definition) is 6. The molecule has 3 aromatic rings. The molecule has 0 radical (unpaired) electrons. The van der Waals surface area contributed by atoms with Gasteiger partial charge in [0.25, 0.3) is 0 Å². The molecule has 0 atom stereocenters. The Hall–Kier alpha value is -3.36. The van der Waals surface area contributed by atoms with Crippen molar-refractivity contribution >= 4 is 27.9 Å². The number of nitrogens with two attached hydrogens (primary N) is 1. The molecule has 0 aliphatic heterocycles. The SMILES string of the molecule is NS(=O)(=O)c1ccc(N=Cc2ccc(OC(=O)c3cccnc3)cc2)cc1. The minimum Gasteiger partial charge on any atom is -0.423 e. The minimum atomic E-state index is -3.72. The lowest BCUT2D eigenvalue weighted by Gasteiger charge is -2.04. The van der Waals surface area contributed by atoms with Gasteiger partial charge in [0.05, 0.1) is 16.1 Å². The molecule has 0 unspecified atom stereocenters. The summed E-state index contributed by atoms with van der Waals surface area (Å²) in [6, 6.07) is 16.0. The lowest BCUT2D eigenvalue weighted by atomic mass is 10.2. The molecule has 0 aliphatic rings. The molecule has 0 fully saturated rings. The fourth-order valence-corrected chi connectivity index (χ4v) is 2.66. The Kier molecular flexibility index (Phi) is 5.39. The predicted octanol–water partition coefficient (Wildman–Crippen LogP) is 2.70. The van der Waals surface area contributed by atoms with Gasteiger partial charge in [-0.05, 0) is 66.2 Å². The smallest absolute Gasteiger partial charge is 0.345 e. The maximum Gasteiger partial charge on any atom is 0.345 e. The molecule has 3 rings (SSSR count). The van der Waals surface area contributed by atoms with Crippen LogP contribution in [0.1, 0.15) is 15.9 Å². The molecule has 0 saturated carbocycles. The molecule has 2 N–H and O–H groups in total. The molecule has 0 amide bonds. The number of carbonyl (C=O) groups excluding carboxylic acids is 1. The summed E-state index contributed by atoms with van der Waals surface area (Å²) in [7, 11) is -3.72. The van der Waals surface area contributed by atoms with Crippen LogP contribution >= 0.6 is 0 Å². The Bertz CT molecular complexity index is 1060. The Morgan fingerprint density at radius 3 is 2.33 bits per heavy atom. The van der Waals surface area contributed by atoms with Crippen LogP contribution in [0.5, 0.6) is 5.75 Å². The largest absolute Gasteiger partial charge is 0.423 e. The molecule has 0 spiro atoms. The first-order valence-corrected chi connectivity index (χ1v) is 9.36. The first kappa shape index (κ1) is 18.4. The zero-order valence-electron chi connectivity index (χ0n) is 14.0. The lowest BCUT2D eigenvalue weighted by Crippen LogP contribution is -2.11. The third kappa shape index (κ3) is 5.06.